The van der Waals surface area contributed by atoms with Gasteiger partial charge in [0.05, 0.1) is 17.7 Å². The summed E-state index contributed by atoms with van der Waals surface area (Å²) in [4.78, 5) is 0.116. The fraction of sp³-hybridized carbons (Fsp3) is 0.273. The van der Waals surface area contributed by atoms with Crippen LogP contribution in [0.25, 0.3) is 22.0 Å². The van der Waals surface area contributed by atoms with Gasteiger partial charge < -0.3 is 10.3 Å². The second-order valence-corrected chi connectivity index (χ2v) is 11.8. The van der Waals surface area contributed by atoms with Crippen LogP contribution in [0.4, 0.5) is 10.1 Å². The van der Waals surface area contributed by atoms with Crippen molar-refractivity contribution in [1.82, 2.24) is 8.87 Å². The first-order valence-corrected chi connectivity index (χ1v) is 13.4. The van der Waals surface area contributed by atoms with E-state index in [1.54, 1.807) is 41.0 Å². The van der Waals surface area contributed by atoms with Gasteiger partial charge in [0.1, 0.15) is 5.83 Å². The normalized spacial score (nSPS) is 13.1. The van der Waals surface area contributed by atoms with Crippen molar-refractivity contribution < 1.29 is 21.2 Å². The quantitative estimate of drug-likeness (QED) is 0.500. The molecule has 11 heteroatoms. The minimum atomic E-state index is -3.67. The van der Waals surface area contributed by atoms with Crippen molar-refractivity contribution in [2.75, 3.05) is 31.6 Å². The molecular formula is C22H27FN4O4S2. The van der Waals surface area contributed by atoms with Gasteiger partial charge in [-0.3, -0.25) is 4.72 Å². The molecule has 0 aliphatic heterocycles. The summed E-state index contributed by atoms with van der Waals surface area (Å²) in [6.45, 7) is 1.81. The van der Waals surface area contributed by atoms with Gasteiger partial charge in [0, 0.05) is 48.5 Å². The molecular weight excluding hydrogens is 467 g/mol. The van der Waals surface area contributed by atoms with E-state index in [-0.39, 0.29) is 18.0 Å². The van der Waals surface area contributed by atoms with Gasteiger partial charge in [-0.05, 0) is 48.9 Å². The molecule has 1 heterocycles. The zero-order valence-electron chi connectivity index (χ0n) is 18.8. The number of nitrogens with one attached hydrogen (secondary N) is 1. The highest BCUT2D eigenvalue weighted by atomic mass is 32.2. The van der Waals surface area contributed by atoms with Gasteiger partial charge in [0.2, 0.25) is 20.0 Å². The van der Waals surface area contributed by atoms with Crippen LogP contribution < -0.4 is 10.5 Å². The largest absolute Gasteiger partial charge is 0.337 e. The van der Waals surface area contributed by atoms with Gasteiger partial charge in [0.25, 0.3) is 0 Å². The summed E-state index contributed by atoms with van der Waals surface area (Å²) in [5, 5.41) is 0.654. The van der Waals surface area contributed by atoms with Crippen LogP contribution in [0.1, 0.15) is 5.69 Å². The lowest BCUT2D eigenvalue weighted by Gasteiger charge is -2.13. The maximum absolute atomic E-state index is 14.4. The first-order valence-electron chi connectivity index (χ1n) is 10.0. The fourth-order valence-corrected chi connectivity index (χ4v) is 5.20. The van der Waals surface area contributed by atoms with Crippen LogP contribution in [-0.2, 0) is 26.6 Å². The van der Waals surface area contributed by atoms with E-state index < -0.39 is 25.9 Å². The van der Waals surface area contributed by atoms with Gasteiger partial charge in [-0.2, -0.15) is 0 Å². The summed E-state index contributed by atoms with van der Waals surface area (Å²) in [6.07, 6.45) is 2.34. The van der Waals surface area contributed by atoms with Crippen molar-refractivity contribution in [3.63, 3.8) is 0 Å². The Morgan fingerprint density at radius 3 is 2.45 bits per heavy atom. The summed E-state index contributed by atoms with van der Waals surface area (Å²) in [7, 11) is -4.28. The first-order chi connectivity index (χ1) is 15.3. The molecule has 2 aromatic carbocycles. The van der Waals surface area contributed by atoms with Crippen molar-refractivity contribution in [1.29, 1.82) is 0 Å². The third-order valence-electron chi connectivity index (χ3n) is 5.18. The number of aromatic nitrogens is 1. The Morgan fingerprint density at radius 1 is 1.15 bits per heavy atom. The lowest BCUT2D eigenvalue weighted by molar-refractivity contribution is 0.521. The summed E-state index contributed by atoms with van der Waals surface area (Å²) >= 11 is 0. The molecule has 0 saturated carbocycles. The van der Waals surface area contributed by atoms with E-state index in [0.29, 0.717) is 33.4 Å². The molecule has 0 unspecified atom stereocenters. The van der Waals surface area contributed by atoms with Crippen LogP contribution in [0.15, 0.2) is 59.3 Å². The number of halogens is 1. The Kier molecular flexibility index (Phi) is 6.99. The molecule has 0 aliphatic carbocycles. The van der Waals surface area contributed by atoms with E-state index in [1.165, 1.54) is 26.2 Å². The second-order valence-electron chi connectivity index (χ2n) is 7.85. The van der Waals surface area contributed by atoms with Crippen molar-refractivity contribution in [3.8, 4) is 11.1 Å². The number of rotatable bonds is 8. The Bertz CT molecular complexity index is 1440. The number of benzene rings is 2. The molecule has 3 aromatic rings. The van der Waals surface area contributed by atoms with Crippen LogP contribution in [-0.4, -0.2) is 52.6 Å². The smallest absolute Gasteiger partial charge is 0.242 e. The number of anilines is 1. The number of nitrogens with two attached hydrogens (primary N) is 1. The molecule has 1 aromatic heterocycles. The minimum absolute atomic E-state index is 0.0593. The summed E-state index contributed by atoms with van der Waals surface area (Å²) in [6, 6.07) is 11.4. The molecule has 0 atom stereocenters. The SMILES string of the molecule is Cc1c(-c2cccc(S(=O)(=O)N(C)C)c2)c2cc(NS(C)(=O)=O)ccc2n1C/C(F)=C/CN. The third kappa shape index (κ3) is 5.27. The van der Waals surface area contributed by atoms with E-state index in [4.69, 9.17) is 5.73 Å². The number of allylic oxidation sites excluding steroid dienone is 1. The molecule has 8 nitrogen and oxygen atoms in total. The molecule has 0 saturated heterocycles. The Labute approximate surface area is 193 Å². The number of sulfonamides is 2. The fourth-order valence-electron chi connectivity index (χ4n) is 3.69. The average molecular weight is 495 g/mol. The lowest BCUT2D eigenvalue weighted by atomic mass is 10.0. The van der Waals surface area contributed by atoms with E-state index in [1.807, 2.05) is 6.92 Å². The van der Waals surface area contributed by atoms with Crippen LogP contribution >= 0.6 is 0 Å². The number of hydrogen-bond donors (Lipinski definition) is 2. The number of fused-ring (bicyclic) bond motifs is 1. The van der Waals surface area contributed by atoms with E-state index in [2.05, 4.69) is 4.72 Å². The van der Waals surface area contributed by atoms with Crippen LogP contribution in [0.5, 0.6) is 0 Å². The Balaban J connectivity index is 2.31. The van der Waals surface area contributed by atoms with Crippen molar-refractivity contribution in [2.24, 2.45) is 5.73 Å². The molecule has 0 fully saturated rings. The highest BCUT2D eigenvalue weighted by Crippen LogP contribution is 2.37. The maximum Gasteiger partial charge on any atom is 0.242 e. The summed E-state index contributed by atoms with van der Waals surface area (Å²) in [5.41, 5.74) is 8.44. The highest BCUT2D eigenvalue weighted by Gasteiger charge is 2.21. The van der Waals surface area contributed by atoms with E-state index >= 15 is 0 Å². The predicted octanol–water partition coefficient (Wildman–Crippen LogP) is 3.05. The van der Waals surface area contributed by atoms with Gasteiger partial charge in [-0.25, -0.2) is 25.5 Å². The lowest BCUT2D eigenvalue weighted by Crippen LogP contribution is -2.22. The van der Waals surface area contributed by atoms with Gasteiger partial charge in [0.15, 0.2) is 0 Å². The molecule has 33 heavy (non-hydrogen) atoms. The van der Waals surface area contributed by atoms with Crippen LogP contribution in [0, 0.1) is 6.92 Å². The second kappa shape index (κ2) is 9.26. The molecule has 178 valence electrons. The van der Waals surface area contributed by atoms with Crippen molar-refractivity contribution >= 4 is 36.6 Å². The van der Waals surface area contributed by atoms with Crippen molar-refractivity contribution in [3.05, 3.63) is 60.1 Å². The Morgan fingerprint density at radius 2 is 1.85 bits per heavy atom. The van der Waals surface area contributed by atoms with Gasteiger partial charge in [-0.1, -0.05) is 12.1 Å². The molecule has 0 amide bonds. The molecule has 3 rings (SSSR count). The summed E-state index contributed by atoms with van der Waals surface area (Å²) < 4.78 is 68.6. The predicted molar refractivity (Wildman–Crippen MR) is 130 cm³/mol. The molecule has 0 radical (unpaired) electrons. The van der Waals surface area contributed by atoms with Crippen molar-refractivity contribution in [2.45, 2.75) is 18.4 Å². The van der Waals surface area contributed by atoms with Crippen LogP contribution in [0.2, 0.25) is 0 Å². The van der Waals surface area contributed by atoms with E-state index in [0.717, 1.165) is 10.6 Å². The zero-order valence-corrected chi connectivity index (χ0v) is 20.5. The third-order valence-corrected chi connectivity index (χ3v) is 7.59. The zero-order chi connectivity index (χ0) is 24.6. The van der Waals surface area contributed by atoms with Crippen LogP contribution in [0.3, 0.4) is 0 Å². The Hall–Kier alpha value is -2.73. The molecule has 0 bridgehead atoms. The number of nitrogens with zero attached hydrogens (tertiary/aromatic N) is 2. The number of hydrogen-bond acceptors (Lipinski definition) is 5. The maximum atomic E-state index is 14.4. The topological polar surface area (TPSA) is 115 Å². The average Bonchev–Trinajstić information content (AvgIpc) is 2.97. The summed E-state index contributed by atoms with van der Waals surface area (Å²) in [5.74, 6) is -0.411. The highest BCUT2D eigenvalue weighted by molar-refractivity contribution is 7.92. The monoisotopic (exact) mass is 494 g/mol. The molecule has 3 N–H and O–H groups in total. The first kappa shape index (κ1) is 24.9. The molecule has 0 aliphatic rings. The standard InChI is InChI=1S/C22H27FN4O4S2/c1-15-22(16-6-5-7-19(12-16)33(30,31)26(2)3)20-13-18(25-32(4,28)29)8-9-21(20)27(15)14-17(23)10-11-24/h5-10,12-13,25H,11,14,24H2,1-4H3/b17-10-. The molecule has 0 spiro atoms. The van der Waals surface area contributed by atoms with E-state index in [9.17, 15) is 21.2 Å². The van der Waals surface area contributed by atoms with Gasteiger partial charge in [-0.15, -0.1) is 0 Å². The minimum Gasteiger partial charge on any atom is -0.337 e. The van der Waals surface area contributed by atoms with Gasteiger partial charge >= 0.3 is 0 Å².